The quantitative estimate of drug-likeness (QED) is 0.434. The smallest absolute Gasteiger partial charge is 0.191 e. The van der Waals surface area contributed by atoms with Gasteiger partial charge in [-0.2, -0.15) is 0 Å². The summed E-state index contributed by atoms with van der Waals surface area (Å²) in [6.07, 6.45) is 0. The third kappa shape index (κ3) is 7.33. The molecule has 1 unspecified atom stereocenters. The van der Waals surface area contributed by atoms with Crippen LogP contribution in [0.15, 0.2) is 21.5 Å². The second kappa shape index (κ2) is 10.3. The highest BCUT2D eigenvalue weighted by Crippen LogP contribution is 2.22. The first-order valence-electron chi connectivity index (χ1n) is 8.38. The summed E-state index contributed by atoms with van der Waals surface area (Å²) in [5.74, 6) is 1.98. The van der Waals surface area contributed by atoms with E-state index in [2.05, 4.69) is 27.6 Å². The molecule has 0 spiro atoms. The Hall–Kier alpha value is -1.57. The van der Waals surface area contributed by atoms with Crippen LogP contribution < -0.4 is 10.6 Å². The van der Waals surface area contributed by atoms with E-state index in [1.807, 2.05) is 19.9 Å². The average Bonchev–Trinajstić information content (AvgIpc) is 2.98. The van der Waals surface area contributed by atoms with Gasteiger partial charge in [-0.1, -0.05) is 0 Å². The maximum absolute atomic E-state index is 10.5. The summed E-state index contributed by atoms with van der Waals surface area (Å²) in [7, 11) is 3.75. The Morgan fingerprint density at radius 3 is 2.71 bits per heavy atom. The number of nitrogens with zero attached hydrogens (tertiary/aromatic N) is 2. The van der Waals surface area contributed by atoms with Gasteiger partial charge in [0.2, 0.25) is 0 Å². The Morgan fingerprint density at radius 2 is 2.12 bits per heavy atom. The molecule has 0 aliphatic carbocycles. The summed E-state index contributed by atoms with van der Waals surface area (Å²) in [6, 6.07) is 3.63. The molecular weight excluding hydrogens is 308 g/mol. The van der Waals surface area contributed by atoms with E-state index >= 15 is 0 Å². The van der Waals surface area contributed by atoms with Crippen molar-refractivity contribution in [3.63, 3.8) is 0 Å². The second-order valence-corrected chi connectivity index (χ2v) is 6.10. The lowest BCUT2D eigenvalue weighted by molar-refractivity contribution is 0.0428. The van der Waals surface area contributed by atoms with Gasteiger partial charge in [0.1, 0.15) is 17.1 Å². The van der Waals surface area contributed by atoms with Gasteiger partial charge in [-0.25, -0.2) is 4.99 Å². The van der Waals surface area contributed by atoms with Gasteiger partial charge in [0.05, 0.1) is 13.2 Å². The van der Waals surface area contributed by atoms with Gasteiger partial charge >= 0.3 is 0 Å². The molecular formula is C17H32N4O3. The molecule has 1 atom stereocenters. The fourth-order valence-corrected chi connectivity index (χ4v) is 2.10. The van der Waals surface area contributed by atoms with Crippen molar-refractivity contribution in [3.05, 3.63) is 23.7 Å². The normalized spacial score (nSPS) is 14.7. The fourth-order valence-electron chi connectivity index (χ4n) is 2.10. The van der Waals surface area contributed by atoms with Gasteiger partial charge in [-0.3, -0.25) is 0 Å². The minimum Gasteiger partial charge on any atom is -0.463 e. The van der Waals surface area contributed by atoms with Crippen molar-refractivity contribution in [2.75, 3.05) is 53.5 Å². The van der Waals surface area contributed by atoms with E-state index in [4.69, 9.17) is 9.15 Å². The standard InChI is InChI=1S/C17H32N4O3/c1-6-18-16(19-9-10-21(4)11-12-23-5)20-13-17(3,22)15-8-7-14(2)24-15/h7-8,22H,6,9-13H2,1-5H3,(H2,18,19,20). The Labute approximate surface area is 145 Å². The number of aliphatic imine (C=N–C) groups is 1. The summed E-state index contributed by atoms with van der Waals surface area (Å²) < 4.78 is 10.6. The predicted octanol–water partition coefficient (Wildman–Crippen LogP) is 0.929. The number of nitrogens with one attached hydrogen (secondary N) is 2. The topological polar surface area (TPSA) is 82.3 Å². The van der Waals surface area contributed by atoms with E-state index < -0.39 is 5.60 Å². The van der Waals surface area contributed by atoms with E-state index in [9.17, 15) is 5.11 Å². The number of guanidine groups is 1. The van der Waals surface area contributed by atoms with Crippen molar-refractivity contribution in [3.8, 4) is 0 Å². The first-order valence-corrected chi connectivity index (χ1v) is 8.38. The monoisotopic (exact) mass is 340 g/mol. The predicted molar refractivity (Wildman–Crippen MR) is 96.4 cm³/mol. The molecule has 1 rings (SSSR count). The summed E-state index contributed by atoms with van der Waals surface area (Å²) in [6.45, 7) is 9.79. The van der Waals surface area contributed by atoms with Crippen molar-refractivity contribution in [2.45, 2.75) is 26.4 Å². The molecule has 1 aromatic rings. The van der Waals surface area contributed by atoms with Crippen molar-refractivity contribution in [1.29, 1.82) is 0 Å². The largest absolute Gasteiger partial charge is 0.463 e. The molecule has 0 fully saturated rings. The molecule has 138 valence electrons. The lowest BCUT2D eigenvalue weighted by Gasteiger charge is -2.20. The summed E-state index contributed by atoms with van der Waals surface area (Å²) in [4.78, 5) is 6.65. The molecule has 0 radical (unpaired) electrons. The number of hydrogen-bond donors (Lipinski definition) is 3. The summed E-state index contributed by atoms with van der Waals surface area (Å²) in [5, 5.41) is 17.0. The highest BCUT2D eigenvalue weighted by atomic mass is 16.5. The molecule has 3 N–H and O–H groups in total. The molecule has 0 aliphatic rings. The number of likely N-dealkylation sites (N-methyl/N-ethyl adjacent to an activating group) is 1. The van der Waals surface area contributed by atoms with Crippen molar-refractivity contribution in [2.24, 2.45) is 4.99 Å². The van der Waals surface area contributed by atoms with Gasteiger partial charge in [-0.15, -0.1) is 0 Å². The number of methoxy groups -OCH3 is 1. The molecule has 0 bridgehead atoms. The van der Waals surface area contributed by atoms with E-state index in [1.54, 1.807) is 20.1 Å². The first-order chi connectivity index (χ1) is 11.4. The van der Waals surface area contributed by atoms with Gasteiger partial charge in [-0.05, 0) is 40.0 Å². The van der Waals surface area contributed by atoms with Crippen LogP contribution in [-0.4, -0.2) is 69.5 Å². The lowest BCUT2D eigenvalue weighted by Crippen LogP contribution is -2.42. The van der Waals surface area contributed by atoms with Crippen LogP contribution in [0.1, 0.15) is 25.4 Å². The van der Waals surface area contributed by atoms with E-state index in [-0.39, 0.29) is 6.54 Å². The highest BCUT2D eigenvalue weighted by Gasteiger charge is 2.26. The number of ether oxygens (including phenoxy) is 1. The maximum Gasteiger partial charge on any atom is 0.191 e. The minimum atomic E-state index is -1.13. The molecule has 0 aliphatic heterocycles. The Kier molecular flexibility index (Phi) is 8.81. The molecule has 0 saturated carbocycles. The number of rotatable bonds is 10. The summed E-state index contributed by atoms with van der Waals surface area (Å²) >= 11 is 0. The van der Waals surface area contributed by atoms with Crippen LogP contribution in [0.25, 0.3) is 0 Å². The zero-order valence-corrected chi connectivity index (χ0v) is 15.6. The van der Waals surface area contributed by atoms with E-state index in [1.165, 1.54) is 0 Å². The van der Waals surface area contributed by atoms with Gasteiger partial charge < -0.3 is 29.8 Å². The zero-order chi connectivity index (χ0) is 18.0. The van der Waals surface area contributed by atoms with Gasteiger partial charge in [0, 0.05) is 33.3 Å². The van der Waals surface area contributed by atoms with Crippen molar-refractivity contribution >= 4 is 5.96 Å². The molecule has 1 heterocycles. The second-order valence-electron chi connectivity index (χ2n) is 6.10. The van der Waals surface area contributed by atoms with Crippen molar-refractivity contribution < 1.29 is 14.3 Å². The van der Waals surface area contributed by atoms with Crippen molar-refractivity contribution in [1.82, 2.24) is 15.5 Å². The van der Waals surface area contributed by atoms with Crippen LogP contribution in [-0.2, 0) is 10.3 Å². The maximum atomic E-state index is 10.5. The average molecular weight is 340 g/mol. The number of aryl methyl sites for hydroxylation is 1. The SMILES string of the molecule is CCNC(=NCC(C)(O)c1ccc(C)o1)NCCN(C)CCOC. The summed E-state index contributed by atoms with van der Waals surface area (Å²) in [5.41, 5.74) is -1.13. The molecule has 0 amide bonds. The number of aliphatic hydroxyl groups is 1. The number of hydrogen-bond acceptors (Lipinski definition) is 5. The molecule has 0 aromatic carbocycles. The van der Waals surface area contributed by atoms with Gasteiger partial charge in [0.25, 0.3) is 0 Å². The highest BCUT2D eigenvalue weighted by molar-refractivity contribution is 5.79. The van der Waals surface area contributed by atoms with Crippen LogP contribution in [0.4, 0.5) is 0 Å². The van der Waals surface area contributed by atoms with Crippen LogP contribution in [0, 0.1) is 6.92 Å². The van der Waals surface area contributed by atoms with Crippen LogP contribution in [0.2, 0.25) is 0 Å². The van der Waals surface area contributed by atoms with Crippen LogP contribution in [0.3, 0.4) is 0 Å². The first kappa shape index (κ1) is 20.5. The molecule has 0 saturated heterocycles. The van der Waals surface area contributed by atoms with E-state index in [0.717, 1.165) is 38.5 Å². The zero-order valence-electron chi connectivity index (χ0n) is 15.6. The Bertz CT molecular complexity index is 500. The molecule has 7 nitrogen and oxygen atoms in total. The third-order valence-corrected chi connectivity index (χ3v) is 3.62. The van der Waals surface area contributed by atoms with Crippen LogP contribution in [0.5, 0.6) is 0 Å². The molecule has 7 heteroatoms. The van der Waals surface area contributed by atoms with E-state index in [0.29, 0.717) is 11.7 Å². The van der Waals surface area contributed by atoms with Crippen LogP contribution >= 0.6 is 0 Å². The fraction of sp³-hybridized carbons (Fsp3) is 0.706. The van der Waals surface area contributed by atoms with Gasteiger partial charge in [0.15, 0.2) is 5.96 Å². The Balaban J connectivity index is 2.52. The lowest BCUT2D eigenvalue weighted by atomic mass is 10.0. The number of furan rings is 1. The molecule has 1 aromatic heterocycles. The molecule has 24 heavy (non-hydrogen) atoms. The Morgan fingerprint density at radius 1 is 1.38 bits per heavy atom. The minimum absolute atomic E-state index is 0.217. The third-order valence-electron chi connectivity index (χ3n) is 3.62.